The summed E-state index contributed by atoms with van der Waals surface area (Å²) in [4.78, 5) is 37.6. The molecular weight excluding hydrogens is 498 g/mol. The van der Waals surface area contributed by atoms with Gasteiger partial charge in [0.1, 0.15) is 5.75 Å². The van der Waals surface area contributed by atoms with Gasteiger partial charge in [-0.25, -0.2) is 0 Å². The third kappa shape index (κ3) is 4.95. The number of aryl methyl sites for hydroxylation is 2. The Hall–Kier alpha value is -4.65. The largest absolute Gasteiger partial charge is 0.493 e. The number of anilines is 2. The van der Waals surface area contributed by atoms with Gasteiger partial charge in [-0.3, -0.25) is 19.1 Å². The van der Waals surface area contributed by atoms with Crippen LogP contribution in [0.4, 0.5) is 11.5 Å². The van der Waals surface area contributed by atoms with Crippen molar-refractivity contribution in [1.82, 2.24) is 9.78 Å². The molecular formula is C29H29N5O5. The minimum Gasteiger partial charge on any atom is -0.493 e. The Morgan fingerprint density at radius 1 is 1.21 bits per heavy atom. The molecule has 0 radical (unpaired) electrons. The first-order valence-electron chi connectivity index (χ1n) is 12.9. The van der Waals surface area contributed by atoms with E-state index in [-0.39, 0.29) is 30.1 Å². The Morgan fingerprint density at radius 2 is 2.03 bits per heavy atom. The van der Waals surface area contributed by atoms with Crippen LogP contribution in [-0.2, 0) is 28.5 Å². The minimum atomic E-state index is -0.880. The Morgan fingerprint density at radius 3 is 2.74 bits per heavy atom. The first kappa shape index (κ1) is 26.0. The van der Waals surface area contributed by atoms with E-state index in [0.29, 0.717) is 54.3 Å². The van der Waals surface area contributed by atoms with Crippen LogP contribution < -0.4 is 15.4 Å². The Labute approximate surface area is 225 Å². The van der Waals surface area contributed by atoms with Crippen LogP contribution in [0.1, 0.15) is 53.2 Å². The highest BCUT2D eigenvalue weighted by molar-refractivity contribution is 6.04. The summed E-state index contributed by atoms with van der Waals surface area (Å²) in [5, 5.41) is 28.4. The van der Waals surface area contributed by atoms with Gasteiger partial charge in [0.05, 0.1) is 24.2 Å². The molecule has 0 unspecified atom stereocenters. The molecule has 1 aromatic heterocycles. The highest BCUT2D eigenvalue weighted by Crippen LogP contribution is 2.65. The van der Waals surface area contributed by atoms with Crippen LogP contribution in [-0.4, -0.2) is 39.3 Å². The van der Waals surface area contributed by atoms with E-state index in [0.717, 1.165) is 11.1 Å². The molecule has 1 spiro atoms. The summed E-state index contributed by atoms with van der Waals surface area (Å²) < 4.78 is 7.50. The summed E-state index contributed by atoms with van der Waals surface area (Å²) >= 11 is 0. The molecule has 3 atom stereocenters. The molecule has 0 saturated heterocycles. The number of carbonyl (C=O) groups excluding carboxylic acids is 2. The number of nitrogens with one attached hydrogen (secondary N) is 2. The lowest BCUT2D eigenvalue weighted by molar-refractivity contribution is -0.137. The quantitative estimate of drug-likeness (QED) is 0.403. The number of benzene rings is 2. The lowest BCUT2D eigenvalue weighted by Crippen LogP contribution is -2.27. The van der Waals surface area contributed by atoms with Crippen LogP contribution in [0.5, 0.6) is 5.75 Å². The van der Waals surface area contributed by atoms with Gasteiger partial charge in [0.25, 0.3) is 5.91 Å². The second-order valence-electron chi connectivity index (χ2n) is 10.2. The maximum atomic E-state index is 13.6. The maximum absolute atomic E-state index is 13.6. The summed E-state index contributed by atoms with van der Waals surface area (Å²) in [6.45, 7) is 2.49. The van der Waals surface area contributed by atoms with Gasteiger partial charge in [-0.15, -0.1) is 0 Å². The van der Waals surface area contributed by atoms with Gasteiger partial charge in [0, 0.05) is 48.0 Å². The van der Waals surface area contributed by atoms with Crippen LogP contribution in [0, 0.1) is 23.2 Å². The van der Waals surface area contributed by atoms with Crippen molar-refractivity contribution < 1.29 is 24.2 Å². The highest BCUT2D eigenvalue weighted by Gasteiger charge is 2.67. The SMILES string of the molecule is C[C@H]1[C@@H](C(=O)Nc2cc(C#N)ccc2CCCC(=O)O)[C@@]12CCOc1ccc(C(=O)Nc3ccn(C)n3)cc12. The number of carboxylic acids is 1. The summed E-state index contributed by atoms with van der Waals surface area (Å²) in [6, 6.07) is 14.2. The molecule has 200 valence electrons. The number of nitrogens with zero attached hydrogens (tertiary/aromatic N) is 3. The van der Waals surface area contributed by atoms with E-state index in [1.165, 1.54) is 0 Å². The van der Waals surface area contributed by atoms with Crippen LogP contribution in [0.2, 0.25) is 0 Å². The van der Waals surface area contributed by atoms with Crippen LogP contribution >= 0.6 is 0 Å². The monoisotopic (exact) mass is 527 g/mol. The molecule has 3 N–H and O–H groups in total. The van der Waals surface area contributed by atoms with E-state index in [4.69, 9.17) is 9.84 Å². The fourth-order valence-electron chi connectivity index (χ4n) is 5.80. The van der Waals surface area contributed by atoms with Gasteiger partial charge in [-0.2, -0.15) is 10.4 Å². The standard InChI is InChI=1S/C29H29N5O5/c1-17-26(28(38)31-22-14-18(16-30)6-7-19(22)4-3-5-25(35)36)29(17)11-13-39-23-9-8-20(15-21(23)29)27(37)32-24-10-12-34(2)33-24/h6-10,12,14-15,17,26H,3-5,11,13H2,1-2H3,(H,31,38)(H,35,36)(H,32,33,37)/t17-,26-,29-/m0/s1. The highest BCUT2D eigenvalue weighted by atomic mass is 16.5. The summed E-state index contributed by atoms with van der Waals surface area (Å²) in [6.07, 6.45) is 3.27. The molecule has 3 aromatic rings. The summed E-state index contributed by atoms with van der Waals surface area (Å²) in [5.74, 6) is -0.593. The van der Waals surface area contributed by atoms with E-state index in [1.54, 1.807) is 54.3 Å². The van der Waals surface area contributed by atoms with Gasteiger partial charge in [-0.1, -0.05) is 13.0 Å². The second-order valence-corrected chi connectivity index (χ2v) is 10.2. The maximum Gasteiger partial charge on any atom is 0.303 e. The zero-order chi connectivity index (χ0) is 27.7. The molecule has 1 fully saturated rings. The van der Waals surface area contributed by atoms with Crippen LogP contribution in [0.25, 0.3) is 0 Å². The number of fused-ring (bicyclic) bond motifs is 2. The van der Waals surface area contributed by atoms with Crippen molar-refractivity contribution in [2.45, 2.75) is 38.0 Å². The number of aliphatic carboxylic acids is 1. The number of hydrogen-bond donors (Lipinski definition) is 3. The number of hydrogen-bond acceptors (Lipinski definition) is 6. The van der Waals surface area contributed by atoms with E-state index >= 15 is 0 Å². The van der Waals surface area contributed by atoms with Gasteiger partial charge in [0.15, 0.2) is 5.82 Å². The first-order chi connectivity index (χ1) is 18.7. The van der Waals surface area contributed by atoms with Crippen molar-refractivity contribution >= 4 is 29.3 Å². The van der Waals surface area contributed by atoms with E-state index < -0.39 is 11.4 Å². The number of nitriles is 1. The number of amides is 2. The predicted molar refractivity (Wildman–Crippen MR) is 142 cm³/mol. The Balaban J connectivity index is 1.38. The Kier molecular flexibility index (Phi) is 6.83. The lowest BCUT2D eigenvalue weighted by atomic mass is 9.85. The normalized spacial score (nSPS) is 20.8. The number of carboxylic acid groups (broad SMARTS) is 1. The van der Waals surface area contributed by atoms with E-state index in [1.807, 2.05) is 13.0 Å². The van der Waals surface area contributed by atoms with Gasteiger partial charge < -0.3 is 20.5 Å². The van der Waals surface area contributed by atoms with Gasteiger partial charge >= 0.3 is 5.97 Å². The number of ether oxygens (including phenoxy) is 1. The molecule has 39 heavy (non-hydrogen) atoms. The molecule has 0 bridgehead atoms. The molecule has 1 aliphatic heterocycles. The van der Waals surface area contributed by atoms with Gasteiger partial charge in [-0.05, 0) is 61.1 Å². The van der Waals surface area contributed by atoms with Crippen molar-refractivity contribution in [2.24, 2.45) is 18.9 Å². The van der Waals surface area contributed by atoms with Crippen LogP contribution in [0.3, 0.4) is 0 Å². The first-order valence-corrected chi connectivity index (χ1v) is 12.9. The smallest absolute Gasteiger partial charge is 0.303 e. The van der Waals surface area contributed by atoms with Crippen molar-refractivity contribution in [2.75, 3.05) is 17.2 Å². The predicted octanol–water partition coefficient (Wildman–Crippen LogP) is 3.88. The van der Waals surface area contributed by atoms with E-state index in [2.05, 4.69) is 21.8 Å². The molecule has 1 saturated carbocycles. The molecule has 5 rings (SSSR count). The molecule has 1 aliphatic carbocycles. The fraction of sp³-hybridized carbons (Fsp3) is 0.345. The fourth-order valence-corrected chi connectivity index (χ4v) is 5.80. The molecule has 2 heterocycles. The molecule has 10 heteroatoms. The molecule has 10 nitrogen and oxygen atoms in total. The van der Waals surface area contributed by atoms with Crippen molar-refractivity contribution in [3.8, 4) is 11.8 Å². The topological polar surface area (TPSA) is 146 Å². The average Bonchev–Trinajstić information content (AvgIpc) is 3.26. The van der Waals surface area contributed by atoms with Crippen molar-refractivity contribution in [3.05, 3.63) is 70.9 Å². The minimum absolute atomic E-state index is 0.00358. The lowest BCUT2D eigenvalue weighted by Gasteiger charge is -2.28. The van der Waals surface area contributed by atoms with Crippen molar-refractivity contribution in [1.29, 1.82) is 5.26 Å². The Bertz CT molecular complexity index is 1510. The van der Waals surface area contributed by atoms with Crippen LogP contribution in [0.15, 0.2) is 48.7 Å². The average molecular weight is 528 g/mol. The molecule has 2 amide bonds. The number of rotatable bonds is 8. The van der Waals surface area contributed by atoms with Crippen molar-refractivity contribution in [3.63, 3.8) is 0 Å². The summed E-state index contributed by atoms with van der Waals surface area (Å²) in [7, 11) is 1.77. The van der Waals surface area contributed by atoms with Gasteiger partial charge in [0.2, 0.25) is 5.91 Å². The molecule has 2 aliphatic rings. The van der Waals surface area contributed by atoms with E-state index in [9.17, 15) is 19.6 Å². The third-order valence-electron chi connectivity index (χ3n) is 7.85. The zero-order valence-electron chi connectivity index (χ0n) is 21.7. The summed E-state index contributed by atoms with van der Waals surface area (Å²) in [5.41, 5.74) is 2.52. The number of carbonyl (C=O) groups is 3. The second kappa shape index (κ2) is 10.3. The zero-order valence-corrected chi connectivity index (χ0v) is 21.7. The molecule has 2 aromatic carbocycles. The number of aromatic nitrogens is 2. The third-order valence-corrected chi connectivity index (χ3v) is 7.85.